The van der Waals surface area contributed by atoms with Crippen LogP contribution in [-0.4, -0.2) is 20.7 Å². The Morgan fingerprint density at radius 3 is 2.74 bits per heavy atom. The molecule has 0 saturated carbocycles. The van der Waals surface area contributed by atoms with Crippen molar-refractivity contribution in [1.29, 1.82) is 0 Å². The average molecular weight is 447 g/mol. The molecule has 2 heterocycles. The maximum Gasteiger partial charge on any atom is 0.229 e. The molecule has 0 bridgehead atoms. The predicted molar refractivity (Wildman–Crippen MR) is 128 cm³/mol. The van der Waals surface area contributed by atoms with Gasteiger partial charge in [-0.3, -0.25) is 4.79 Å². The zero-order valence-electron chi connectivity index (χ0n) is 17.0. The summed E-state index contributed by atoms with van der Waals surface area (Å²) in [5, 5.41) is 11.1. The fraction of sp³-hybridized carbons (Fsp3) is 0.125. The SMILES string of the molecule is Cc1cc(NC(=O)Cc2cccc3ccccc23)n(-c2nc3c(C)ccc(Cl)c3s2)n1. The summed E-state index contributed by atoms with van der Waals surface area (Å²) in [5.74, 6) is 0.489. The summed E-state index contributed by atoms with van der Waals surface area (Å²) in [6, 6.07) is 19.8. The molecule has 7 heteroatoms. The first-order valence-corrected chi connectivity index (χ1v) is 11.1. The van der Waals surface area contributed by atoms with E-state index in [1.807, 2.05) is 62.4 Å². The van der Waals surface area contributed by atoms with Gasteiger partial charge in [0.25, 0.3) is 0 Å². The van der Waals surface area contributed by atoms with Crippen molar-refractivity contribution in [3.05, 3.63) is 82.5 Å². The van der Waals surface area contributed by atoms with Gasteiger partial charge in [-0.25, -0.2) is 4.98 Å². The summed E-state index contributed by atoms with van der Waals surface area (Å²) in [4.78, 5) is 17.6. The van der Waals surface area contributed by atoms with E-state index in [1.165, 1.54) is 11.3 Å². The Morgan fingerprint density at radius 1 is 1.10 bits per heavy atom. The molecular weight excluding hydrogens is 428 g/mol. The van der Waals surface area contributed by atoms with Crippen molar-refractivity contribution in [2.24, 2.45) is 0 Å². The first-order valence-electron chi connectivity index (χ1n) is 9.89. The molecule has 0 aliphatic rings. The molecule has 1 N–H and O–H groups in total. The number of aryl methyl sites for hydroxylation is 2. The van der Waals surface area contributed by atoms with E-state index in [4.69, 9.17) is 16.6 Å². The number of amides is 1. The molecule has 2 aromatic heterocycles. The van der Waals surface area contributed by atoms with E-state index < -0.39 is 0 Å². The molecule has 1 amide bonds. The standard InChI is InChI=1S/C24H19ClN4OS/c1-14-10-11-19(25)23-22(14)27-24(31-23)29-20(12-15(2)28-29)26-21(30)13-17-8-5-7-16-6-3-4-9-18(16)17/h3-12H,13H2,1-2H3,(H,26,30). The number of nitrogens with zero attached hydrogens (tertiary/aromatic N) is 3. The van der Waals surface area contributed by atoms with Crippen molar-refractivity contribution in [1.82, 2.24) is 14.8 Å². The zero-order valence-corrected chi connectivity index (χ0v) is 18.6. The number of hydrogen-bond donors (Lipinski definition) is 1. The minimum absolute atomic E-state index is 0.104. The third-order valence-corrected chi connectivity index (χ3v) is 6.69. The Balaban J connectivity index is 1.47. The first kappa shape index (κ1) is 19.7. The van der Waals surface area contributed by atoms with Gasteiger partial charge >= 0.3 is 0 Å². The van der Waals surface area contributed by atoms with Crippen molar-refractivity contribution in [3.8, 4) is 5.13 Å². The minimum Gasteiger partial charge on any atom is -0.310 e. The highest BCUT2D eigenvalue weighted by atomic mass is 35.5. The van der Waals surface area contributed by atoms with E-state index in [1.54, 1.807) is 4.68 Å². The lowest BCUT2D eigenvalue weighted by atomic mass is 10.0. The molecule has 5 rings (SSSR count). The number of aromatic nitrogens is 3. The summed E-state index contributed by atoms with van der Waals surface area (Å²) in [6.07, 6.45) is 0.274. The Hall–Kier alpha value is -3.22. The van der Waals surface area contributed by atoms with Crippen LogP contribution in [0.4, 0.5) is 5.82 Å². The van der Waals surface area contributed by atoms with Gasteiger partial charge in [-0.15, -0.1) is 0 Å². The topological polar surface area (TPSA) is 59.8 Å². The van der Waals surface area contributed by atoms with Gasteiger partial charge in [0.2, 0.25) is 11.0 Å². The van der Waals surface area contributed by atoms with Crippen molar-refractivity contribution in [3.63, 3.8) is 0 Å². The average Bonchev–Trinajstić information content (AvgIpc) is 3.35. The van der Waals surface area contributed by atoms with Gasteiger partial charge in [-0.2, -0.15) is 9.78 Å². The largest absolute Gasteiger partial charge is 0.310 e. The number of fused-ring (bicyclic) bond motifs is 2. The fourth-order valence-electron chi connectivity index (χ4n) is 3.72. The van der Waals surface area contributed by atoms with E-state index in [2.05, 4.69) is 22.5 Å². The highest BCUT2D eigenvalue weighted by molar-refractivity contribution is 7.21. The molecular formula is C24H19ClN4OS. The maximum atomic E-state index is 12.9. The molecule has 3 aromatic carbocycles. The summed E-state index contributed by atoms with van der Waals surface area (Å²) >= 11 is 7.83. The van der Waals surface area contributed by atoms with Crippen molar-refractivity contribution in [2.45, 2.75) is 20.3 Å². The molecule has 31 heavy (non-hydrogen) atoms. The Morgan fingerprint density at radius 2 is 1.90 bits per heavy atom. The van der Waals surface area contributed by atoms with Crippen molar-refractivity contribution < 1.29 is 4.79 Å². The lowest BCUT2D eigenvalue weighted by Crippen LogP contribution is -2.17. The monoisotopic (exact) mass is 446 g/mol. The molecule has 5 nitrogen and oxygen atoms in total. The number of carbonyl (C=O) groups excluding carboxylic acids is 1. The van der Waals surface area contributed by atoms with E-state index in [0.29, 0.717) is 16.0 Å². The van der Waals surface area contributed by atoms with Crippen molar-refractivity contribution in [2.75, 3.05) is 5.32 Å². The predicted octanol–water partition coefficient (Wildman–Crippen LogP) is 6.09. The Labute approximate surface area is 188 Å². The first-order chi connectivity index (χ1) is 15.0. The van der Waals surface area contributed by atoms with Gasteiger partial charge in [0.15, 0.2) is 0 Å². The Kier molecular flexibility index (Phi) is 4.96. The van der Waals surface area contributed by atoms with Crippen LogP contribution in [0.25, 0.3) is 26.1 Å². The molecule has 0 aliphatic heterocycles. The maximum absolute atomic E-state index is 12.9. The summed E-state index contributed by atoms with van der Waals surface area (Å²) in [7, 11) is 0. The summed E-state index contributed by atoms with van der Waals surface area (Å²) < 4.78 is 2.59. The van der Waals surface area contributed by atoms with Crippen LogP contribution in [0.3, 0.4) is 0 Å². The second kappa shape index (κ2) is 7.80. The number of halogens is 1. The van der Waals surface area contributed by atoms with Gasteiger partial charge in [0.05, 0.1) is 27.4 Å². The van der Waals surface area contributed by atoms with Gasteiger partial charge < -0.3 is 5.32 Å². The van der Waals surface area contributed by atoms with Crippen LogP contribution in [0.1, 0.15) is 16.8 Å². The van der Waals surface area contributed by atoms with E-state index in [9.17, 15) is 4.79 Å². The second-order valence-electron chi connectivity index (χ2n) is 7.48. The highest BCUT2D eigenvalue weighted by Crippen LogP contribution is 2.34. The number of thiazole rings is 1. The summed E-state index contributed by atoms with van der Waals surface area (Å²) in [6.45, 7) is 3.89. The van der Waals surface area contributed by atoms with Gasteiger partial charge in [-0.1, -0.05) is 71.5 Å². The van der Waals surface area contributed by atoms with E-state index in [0.717, 1.165) is 37.8 Å². The van der Waals surface area contributed by atoms with Crippen LogP contribution >= 0.6 is 22.9 Å². The van der Waals surface area contributed by atoms with Gasteiger partial charge in [-0.05, 0) is 41.8 Å². The lowest BCUT2D eigenvalue weighted by Gasteiger charge is -2.08. The third kappa shape index (κ3) is 3.69. The number of rotatable bonds is 4. The molecule has 0 fully saturated rings. The van der Waals surface area contributed by atoms with Crippen LogP contribution in [0.5, 0.6) is 0 Å². The fourth-order valence-corrected chi connectivity index (χ4v) is 5.00. The molecule has 0 radical (unpaired) electrons. The molecule has 154 valence electrons. The smallest absolute Gasteiger partial charge is 0.229 e. The van der Waals surface area contributed by atoms with Gasteiger partial charge in [0.1, 0.15) is 5.82 Å². The van der Waals surface area contributed by atoms with Crippen molar-refractivity contribution >= 4 is 55.7 Å². The minimum atomic E-state index is -0.104. The lowest BCUT2D eigenvalue weighted by molar-refractivity contribution is -0.115. The third-order valence-electron chi connectivity index (χ3n) is 5.20. The van der Waals surface area contributed by atoms with Crippen LogP contribution < -0.4 is 5.32 Å². The summed E-state index contributed by atoms with van der Waals surface area (Å²) in [5.41, 5.74) is 3.68. The van der Waals surface area contributed by atoms with Crippen LogP contribution in [0.15, 0.2) is 60.7 Å². The molecule has 0 aliphatic carbocycles. The quantitative estimate of drug-likeness (QED) is 0.363. The van der Waals surface area contributed by atoms with Crippen LogP contribution in [0.2, 0.25) is 5.02 Å². The molecule has 0 unspecified atom stereocenters. The van der Waals surface area contributed by atoms with Gasteiger partial charge in [0, 0.05) is 6.07 Å². The Bertz CT molecular complexity index is 1410. The zero-order chi connectivity index (χ0) is 21.5. The van der Waals surface area contributed by atoms with E-state index >= 15 is 0 Å². The molecule has 5 aromatic rings. The van der Waals surface area contributed by atoms with Crippen LogP contribution in [0, 0.1) is 13.8 Å². The number of benzene rings is 3. The molecule has 0 spiro atoms. The molecule has 0 atom stereocenters. The van der Waals surface area contributed by atoms with E-state index in [-0.39, 0.29) is 12.3 Å². The number of anilines is 1. The number of hydrogen-bond acceptors (Lipinski definition) is 4. The number of nitrogens with one attached hydrogen (secondary N) is 1. The normalized spacial score (nSPS) is 11.3. The number of carbonyl (C=O) groups is 1. The highest BCUT2D eigenvalue weighted by Gasteiger charge is 2.17. The second-order valence-corrected chi connectivity index (χ2v) is 8.87. The van der Waals surface area contributed by atoms with Crippen LogP contribution in [-0.2, 0) is 11.2 Å². The molecule has 0 saturated heterocycles.